The lowest BCUT2D eigenvalue weighted by Gasteiger charge is -2.22. The number of fused-ring (bicyclic) bond motifs is 2. The van der Waals surface area contributed by atoms with Crippen LogP contribution in [-0.2, 0) is 4.79 Å². The van der Waals surface area contributed by atoms with Crippen LogP contribution in [0.5, 0.6) is 11.6 Å². The molecule has 2 heterocycles. The zero-order valence-corrected chi connectivity index (χ0v) is 16.1. The van der Waals surface area contributed by atoms with Gasteiger partial charge in [0.25, 0.3) is 5.91 Å². The molecular formula is C23H23N3O3. The molecule has 148 valence electrons. The van der Waals surface area contributed by atoms with Gasteiger partial charge in [0.05, 0.1) is 10.9 Å². The first-order valence-electron chi connectivity index (χ1n) is 10.1. The maximum Gasteiger partial charge on any atom is 0.260 e. The summed E-state index contributed by atoms with van der Waals surface area (Å²) in [5.41, 5.74) is 0.807. The van der Waals surface area contributed by atoms with E-state index in [1.807, 2.05) is 59.5 Å². The number of likely N-dealkylation sites (tertiary alicyclic amines) is 1. The molecule has 1 aromatic heterocycles. The summed E-state index contributed by atoms with van der Waals surface area (Å²) in [6, 6.07) is 17.6. The highest BCUT2D eigenvalue weighted by Gasteiger charge is 2.45. The van der Waals surface area contributed by atoms with Gasteiger partial charge in [0.2, 0.25) is 5.88 Å². The van der Waals surface area contributed by atoms with Crippen LogP contribution in [-0.4, -0.2) is 46.6 Å². The van der Waals surface area contributed by atoms with Gasteiger partial charge in [-0.3, -0.25) is 4.79 Å². The lowest BCUT2D eigenvalue weighted by Crippen LogP contribution is -2.35. The number of hydrogen-bond acceptors (Lipinski definition) is 5. The molecule has 1 aliphatic carbocycles. The summed E-state index contributed by atoms with van der Waals surface area (Å²) in [5.74, 6) is 2.25. The Hall–Kier alpha value is -3.15. The third-order valence-corrected chi connectivity index (χ3v) is 6.01. The molecule has 1 aliphatic heterocycles. The molecule has 6 nitrogen and oxygen atoms in total. The SMILES string of the molecule is O=C(COc1ncnc2ccccc12)N1C[C@@H]2CC[C@H](Oc3ccccc3)[C@@H]2C1. The number of nitrogens with zero attached hydrogens (tertiary/aromatic N) is 3. The van der Waals surface area contributed by atoms with Crippen LogP contribution >= 0.6 is 0 Å². The molecule has 3 atom stereocenters. The smallest absolute Gasteiger partial charge is 0.260 e. The molecule has 3 aromatic rings. The zero-order valence-electron chi connectivity index (χ0n) is 16.1. The van der Waals surface area contributed by atoms with Crippen molar-refractivity contribution in [1.82, 2.24) is 14.9 Å². The minimum Gasteiger partial charge on any atom is -0.490 e. The number of amides is 1. The van der Waals surface area contributed by atoms with Gasteiger partial charge in [-0.25, -0.2) is 9.97 Å². The number of benzene rings is 2. The second-order valence-electron chi connectivity index (χ2n) is 7.75. The Morgan fingerprint density at radius 1 is 1.00 bits per heavy atom. The number of carbonyl (C=O) groups excluding carboxylic acids is 1. The third-order valence-electron chi connectivity index (χ3n) is 6.01. The Balaban J connectivity index is 1.21. The van der Waals surface area contributed by atoms with E-state index in [2.05, 4.69) is 9.97 Å². The van der Waals surface area contributed by atoms with E-state index in [0.29, 0.717) is 17.7 Å². The van der Waals surface area contributed by atoms with Gasteiger partial charge in [-0.2, -0.15) is 0 Å². The minimum atomic E-state index is -0.00927. The quantitative estimate of drug-likeness (QED) is 0.670. The largest absolute Gasteiger partial charge is 0.490 e. The second-order valence-corrected chi connectivity index (χ2v) is 7.75. The third kappa shape index (κ3) is 3.62. The molecule has 1 saturated carbocycles. The van der Waals surface area contributed by atoms with Crippen molar-refractivity contribution in [2.45, 2.75) is 18.9 Å². The minimum absolute atomic E-state index is 0.000513. The molecule has 6 heteroatoms. The van der Waals surface area contributed by atoms with Gasteiger partial charge in [0.15, 0.2) is 6.61 Å². The lowest BCUT2D eigenvalue weighted by molar-refractivity contribution is -0.132. The van der Waals surface area contributed by atoms with Crippen LogP contribution in [0.15, 0.2) is 60.9 Å². The molecule has 0 unspecified atom stereocenters. The van der Waals surface area contributed by atoms with Crippen molar-refractivity contribution in [2.75, 3.05) is 19.7 Å². The topological polar surface area (TPSA) is 64.5 Å². The first-order chi connectivity index (χ1) is 14.3. The summed E-state index contributed by atoms with van der Waals surface area (Å²) in [7, 11) is 0. The van der Waals surface area contributed by atoms with Crippen LogP contribution in [0.3, 0.4) is 0 Å². The van der Waals surface area contributed by atoms with Gasteiger partial charge in [0.1, 0.15) is 18.2 Å². The second kappa shape index (κ2) is 7.70. The Labute approximate surface area is 169 Å². The lowest BCUT2D eigenvalue weighted by atomic mass is 9.99. The maximum atomic E-state index is 12.8. The van der Waals surface area contributed by atoms with Gasteiger partial charge in [-0.05, 0) is 43.0 Å². The molecule has 0 N–H and O–H groups in total. The molecule has 1 saturated heterocycles. The van der Waals surface area contributed by atoms with Gasteiger partial charge in [-0.1, -0.05) is 30.3 Å². The number of para-hydroxylation sites is 2. The molecular weight excluding hydrogens is 366 g/mol. The molecule has 0 radical (unpaired) electrons. The molecule has 0 bridgehead atoms. The first-order valence-corrected chi connectivity index (χ1v) is 10.1. The van der Waals surface area contributed by atoms with Crippen LogP contribution in [0.2, 0.25) is 0 Å². The van der Waals surface area contributed by atoms with Crippen LogP contribution in [0.25, 0.3) is 10.9 Å². The summed E-state index contributed by atoms with van der Waals surface area (Å²) in [4.78, 5) is 23.1. The van der Waals surface area contributed by atoms with Gasteiger partial charge in [0, 0.05) is 19.0 Å². The highest BCUT2D eigenvalue weighted by Crippen LogP contribution is 2.40. The molecule has 2 aromatic carbocycles. The number of carbonyl (C=O) groups is 1. The Morgan fingerprint density at radius 3 is 2.72 bits per heavy atom. The van der Waals surface area contributed by atoms with Gasteiger partial charge < -0.3 is 14.4 Å². The molecule has 29 heavy (non-hydrogen) atoms. The molecule has 2 fully saturated rings. The standard InChI is InChI=1S/C23H23N3O3/c27-22(14-28-23-18-8-4-5-9-20(18)24-15-25-23)26-12-16-10-11-21(19(16)13-26)29-17-6-2-1-3-7-17/h1-9,15-16,19,21H,10-14H2/t16-,19+,21-/m0/s1. The number of ether oxygens (including phenoxy) is 2. The van der Waals surface area contributed by atoms with Crippen molar-refractivity contribution in [2.24, 2.45) is 11.8 Å². The Kier molecular flexibility index (Phi) is 4.76. The van der Waals surface area contributed by atoms with E-state index in [4.69, 9.17) is 9.47 Å². The zero-order chi connectivity index (χ0) is 19.6. The van der Waals surface area contributed by atoms with E-state index in [0.717, 1.165) is 42.6 Å². The van der Waals surface area contributed by atoms with E-state index in [1.165, 1.54) is 6.33 Å². The van der Waals surface area contributed by atoms with Crippen LogP contribution in [0, 0.1) is 11.8 Å². The van der Waals surface area contributed by atoms with Crippen LogP contribution < -0.4 is 9.47 Å². The highest BCUT2D eigenvalue weighted by atomic mass is 16.5. The van der Waals surface area contributed by atoms with E-state index < -0.39 is 0 Å². The van der Waals surface area contributed by atoms with Gasteiger partial charge in [-0.15, -0.1) is 0 Å². The van der Waals surface area contributed by atoms with Crippen molar-refractivity contribution < 1.29 is 14.3 Å². The average molecular weight is 389 g/mol. The Bertz CT molecular complexity index is 1010. The number of aromatic nitrogens is 2. The molecule has 2 aliphatic rings. The molecule has 5 rings (SSSR count). The fourth-order valence-corrected chi connectivity index (χ4v) is 4.56. The van der Waals surface area contributed by atoms with Crippen LogP contribution in [0.1, 0.15) is 12.8 Å². The van der Waals surface area contributed by atoms with Crippen molar-refractivity contribution >= 4 is 16.8 Å². The van der Waals surface area contributed by atoms with E-state index in [-0.39, 0.29) is 18.6 Å². The number of rotatable bonds is 5. The summed E-state index contributed by atoms with van der Waals surface area (Å²) in [6.45, 7) is 1.51. The number of hydrogen-bond donors (Lipinski definition) is 0. The van der Waals surface area contributed by atoms with Crippen molar-refractivity contribution in [1.29, 1.82) is 0 Å². The van der Waals surface area contributed by atoms with E-state index in [9.17, 15) is 4.79 Å². The monoisotopic (exact) mass is 389 g/mol. The predicted molar refractivity (Wildman–Crippen MR) is 109 cm³/mol. The van der Waals surface area contributed by atoms with Crippen molar-refractivity contribution in [3.8, 4) is 11.6 Å². The van der Waals surface area contributed by atoms with Gasteiger partial charge >= 0.3 is 0 Å². The van der Waals surface area contributed by atoms with E-state index in [1.54, 1.807) is 0 Å². The van der Waals surface area contributed by atoms with E-state index >= 15 is 0 Å². The average Bonchev–Trinajstić information content (AvgIpc) is 3.35. The fourth-order valence-electron chi connectivity index (χ4n) is 4.56. The summed E-state index contributed by atoms with van der Waals surface area (Å²) >= 11 is 0. The van der Waals surface area contributed by atoms with Crippen molar-refractivity contribution in [3.05, 3.63) is 60.9 Å². The Morgan fingerprint density at radius 2 is 1.83 bits per heavy atom. The predicted octanol–water partition coefficient (Wildman–Crippen LogP) is 3.32. The summed E-state index contributed by atoms with van der Waals surface area (Å²) in [5, 5.41) is 0.817. The molecule has 0 spiro atoms. The fraction of sp³-hybridized carbons (Fsp3) is 0.348. The maximum absolute atomic E-state index is 12.8. The van der Waals surface area contributed by atoms with Crippen LogP contribution in [0.4, 0.5) is 0 Å². The first kappa shape index (κ1) is 17.9. The summed E-state index contributed by atoms with van der Waals surface area (Å²) < 4.78 is 12.0. The normalized spacial score (nSPS) is 23.2. The van der Waals surface area contributed by atoms with Crippen molar-refractivity contribution in [3.63, 3.8) is 0 Å². The highest BCUT2D eigenvalue weighted by molar-refractivity contribution is 5.84. The molecule has 1 amide bonds. The summed E-state index contributed by atoms with van der Waals surface area (Å²) in [6.07, 6.45) is 3.79.